The van der Waals surface area contributed by atoms with Crippen molar-refractivity contribution >= 4 is 14.0 Å². The average Bonchev–Trinajstić information content (AvgIpc) is 2.73. The fourth-order valence-electron chi connectivity index (χ4n) is 4.06. The first-order chi connectivity index (χ1) is 15.1. The number of fused-ring (bicyclic) bond motifs is 1. The highest BCUT2D eigenvalue weighted by molar-refractivity contribution is 7.42. The molecular formula is C24H27FNO5P. The Bertz CT molecular complexity index is 1100. The van der Waals surface area contributed by atoms with Crippen molar-refractivity contribution in [3.05, 3.63) is 52.6 Å². The average molecular weight is 459 g/mol. The molecule has 0 spiro atoms. The lowest BCUT2D eigenvalue weighted by Gasteiger charge is -2.25. The van der Waals surface area contributed by atoms with Crippen molar-refractivity contribution in [3.63, 3.8) is 0 Å². The number of benzene rings is 1. The summed E-state index contributed by atoms with van der Waals surface area (Å²) in [5, 5.41) is 17.3. The summed E-state index contributed by atoms with van der Waals surface area (Å²) in [6, 6.07) is 5.98. The van der Waals surface area contributed by atoms with E-state index in [4.69, 9.17) is 4.98 Å². The van der Waals surface area contributed by atoms with Crippen LogP contribution in [0.3, 0.4) is 0 Å². The van der Waals surface area contributed by atoms with Crippen molar-refractivity contribution in [1.82, 2.24) is 4.98 Å². The van der Waals surface area contributed by atoms with Crippen LogP contribution in [0.1, 0.15) is 62.0 Å². The summed E-state index contributed by atoms with van der Waals surface area (Å²) in [5.41, 5.74) is 4.47. The Labute approximate surface area is 187 Å². The SMILES string of the molecule is CC(C)c1nc2c(c(-c3ccc(F)cc3)c1C#CC(C(=O)O)(C(C)O)[PH](=O)O)CCCC2. The van der Waals surface area contributed by atoms with E-state index in [0.29, 0.717) is 16.8 Å². The van der Waals surface area contributed by atoms with Gasteiger partial charge in [-0.1, -0.05) is 37.8 Å². The predicted molar refractivity (Wildman–Crippen MR) is 121 cm³/mol. The second-order valence-electron chi connectivity index (χ2n) is 8.39. The zero-order valence-corrected chi connectivity index (χ0v) is 19.3. The van der Waals surface area contributed by atoms with Crippen LogP contribution in [0.4, 0.5) is 4.39 Å². The second kappa shape index (κ2) is 9.54. The van der Waals surface area contributed by atoms with Crippen LogP contribution >= 0.6 is 8.03 Å². The highest BCUT2D eigenvalue weighted by atomic mass is 31.1. The lowest BCUT2D eigenvalue weighted by Crippen LogP contribution is -2.43. The monoisotopic (exact) mass is 459 g/mol. The minimum absolute atomic E-state index is 0.0670. The van der Waals surface area contributed by atoms with Gasteiger partial charge in [-0.25, -0.2) is 9.18 Å². The highest BCUT2D eigenvalue weighted by Crippen LogP contribution is 2.40. The molecule has 32 heavy (non-hydrogen) atoms. The summed E-state index contributed by atoms with van der Waals surface area (Å²) in [5.74, 6) is 3.16. The first kappa shape index (κ1) is 24.1. The van der Waals surface area contributed by atoms with Crippen molar-refractivity contribution in [2.24, 2.45) is 0 Å². The number of carboxylic acid groups (broad SMARTS) is 1. The molecule has 3 N–H and O–H groups in total. The molecular weight excluding hydrogens is 432 g/mol. The van der Waals surface area contributed by atoms with Gasteiger partial charge in [0.25, 0.3) is 0 Å². The molecule has 1 aromatic carbocycles. The molecule has 0 aliphatic heterocycles. The van der Waals surface area contributed by atoms with E-state index in [1.165, 1.54) is 12.1 Å². The number of hydrogen-bond acceptors (Lipinski definition) is 4. The van der Waals surface area contributed by atoms with Crippen molar-refractivity contribution < 1.29 is 28.9 Å². The van der Waals surface area contributed by atoms with Gasteiger partial charge in [-0.2, -0.15) is 0 Å². The highest BCUT2D eigenvalue weighted by Gasteiger charge is 2.48. The molecule has 2 aromatic rings. The third kappa shape index (κ3) is 4.36. The number of carbonyl (C=O) groups is 1. The van der Waals surface area contributed by atoms with Crippen molar-refractivity contribution in [2.45, 2.75) is 63.6 Å². The fourth-order valence-corrected chi connectivity index (χ4v) is 4.77. The summed E-state index contributed by atoms with van der Waals surface area (Å²) in [6.07, 6.45) is 1.83. The molecule has 8 heteroatoms. The molecule has 1 aliphatic rings. The van der Waals surface area contributed by atoms with Gasteiger partial charge in [-0.05, 0) is 61.8 Å². The third-order valence-electron chi connectivity index (χ3n) is 5.87. The molecule has 6 nitrogen and oxygen atoms in total. The number of pyridine rings is 1. The maximum absolute atomic E-state index is 13.6. The Balaban J connectivity index is 2.39. The van der Waals surface area contributed by atoms with Gasteiger partial charge in [-0.3, -0.25) is 9.55 Å². The minimum atomic E-state index is -3.78. The Morgan fingerprint density at radius 1 is 1.19 bits per heavy atom. The maximum Gasteiger partial charge on any atom is 0.334 e. The molecule has 0 fully saturated rings. The van der Waals surface area contributed by atoms with E-state index in [9.17, 15) is 28.9 Å². The lowest BCUT2D eigenvalue weighted by molar-refractivity contribution is -0.141. The van der Waals surface area contributed by atoms with Crippen LogP contribution in [-0.4, -0.2) is 37.3 Å². The van der Waals surface area contributed by atoms with Crippen molar-refractivity contribution in [3.8, 4) is 23.0 Å². The third-order valence-corrected chi connectivity index (χ3v) is 7.30. The van der Waals surface area contributed by atoms with E-state index in [1.807, 2.05) is 13.8 Å². The minimum Gasteiger partial charge on any atom is -0.480 e. The summed E-state index contributed by atoms with van der Waals surface area (Å²) in [7, 11) is -3.78. The number of aliphatic hydroxyl groups excluding tert-OH is 1. The van der Waals surface area contributed by atoms with Gasteiger partial charge in [0.1, 0.15) is 5.82 Å². The van der Waals surface area contributed by atoms with Gasteiger partial charge in [0.15, 0.2) is 0 Å². The molecule has 170 valence electrons. The molecule has 1 aliphatic carbocycles. The van der Waals surface area contributed by atoms with Crippen LogP contribution in [0.25, 0.3) is 11.1 Å². The summed E-state index contributed by atoms with van der Waals surface area (Å²) >= 11 is 0. The van der Waals surface area contributed by atoms with Crippen molar-refractivity contribution in [2.75, 3.05) is 0 Å². The molecule has 3 atom stereocenters. The molecule has 0 saturated heterocycles. The molecule has 3 rings (SSSR count). The van der Waals surface area contributed by atoms with Crippen molar-refractivity contribution in [1.29, 1.82) is 0 Å². The van der Waals surface area contributed by atoms with Gasteiger partial charge in [0.2, 0.25) is 13.2 Å². The summed E-state index contributed by atoms with van der Waals surface area (Å²) in [6.45, 7) is 5.01. The van der Waals surface area contributed by atoms with Crippen LogP contribution in [0, 0.1) is 17.7 Å². The molecule has 1 aromatic heterocycles. The van der Waals surface area contributed by atoms with E-state index < -0.39 is 25.3 Å². The smallest absolute Gasteiger partial charge is 0.334 e. The van der Waals surface area contributed by atoms with Crippen LogP contribution in [0.2, 0.25) is 0 Å². The number of aromatic nitrogens is 1. The molecule has 3 unspecified atom stereocenters. The fraction of sp³-hybridized carbons (Fsp3) is 0.417. The number of rotatable bonds is 5. The maximum atomic E-state index is 13.6. The van der Waals surface area contributed by atoms with E-state index >= 15 is 0 Å². The van der Waals surface area contributed by atoms with Crippen LogP contribution < -0.4 is 0 Å². The molecule has 0 radical (unpaired) electrons. The van der Waals surface area contributed by atoms with Gasteiger partial charge >= 0.3 is 5.97 Å². The topological polar surface area (TPSA) is 108 Å². The predicted octanol–water partition coefficient (Wildman–Crippen LogP) is 3.91. The number of aryl methyl sites for hydroxylation is 1. The van der Waals surface area contributed by atoms with Crippen LogP contribution in [0.15, 0.2) is 24.3 Å². The standard InChI is InChI=1S/C24H27FNO5P/c1-14(2)22-19(12-13-24(15(3)27,23(28)29)32(30)31)21(16-8-10-17(25)11-9-16)18-6-4-5-7-20(18)26-22/h8-11,14-15,27,32H,4-7H2,1-3H3,(H,28,29)(H,30,31). The van der Waals surface area contributed by atoms with E-state index in [-0.39, 0.29) is 11.7 Å². The largest absolute Gasteiger partial charge is 0.480 e. The van der Waals surface area contributed by atoms with Gasteiger partial charge in [0.05, 0.1) is 17.4 Å². The first-order valence-electron chi connectivity index (χ1n) is 10.6. The number of carboxylic acids is 1. The summed E-state index contributed by atoms with van der Waals surface area (Å²) < 4.78 is 25.7. The number of nitrogens with zero attached hydrogens (tertiary/aromatic N) is 1. The van der Waals surface area contributed by atoms with Crippen LogP contribution in [0.5, 0.6) is 0 Å². The number of hydrogen-bond donors (Lipinski definition) is 3. The second-order valence-corrected chi connectivity index (χ2v) is 9.78. The Morgan fingerprint density at radius 2 is 1.81 bits per heavy atom. The quantitative estimate of drug-likeness (QED) is 0.462. The van der Waals surface area contributed by atoms with E-state index in [1.54, 1.807) is 12.1 Å². The first-order valence-corrected chi connectivity index (χ1v) is 11.9. The number of halogens is 1. The number of aliphatic carboxylic acids is 1. The Hall–Kier alpha value is -2.52. The lowest BCUT2D eigenvalue weighted by atomic mass is 9.84. The Morgan fingerprint density at radius 3 is 2.34 bits per heavy atom. The Kier molecular flexibility index (Phi) is 7.19. The van der Waals surface area contributed by atoms with E-state index in [2.05, 4.69) is 11.8 Å². The van der Waals surface area contributed by atoms with Gasteiger partial charge < -0.3 is 15.1 Å². The van der Waals surface area contributed by atoms with E-state index in [0.717, 1.165) is 49.4 Å². The molecule has 0 amide bonds. The number of aliphatic hydroxyl groups is 1. The van der Waals surface area contributed by atoms with Gasteiger partial charge in [0, 0.05) is 11.3 Å². The van der Waals surface area contributed by atoms with Crippen LogP contribution in [-0.2, 0) is 22.2 Å². The zero-order chi connectivity index (χ0) is 23.6. The van der Waals surface area contributed by atoms with Gasteiger partial charge in [-0.15, -0.1) is 0 Å². The molecule has 1 heterocycles. The molecule has 0 bridgehead atoms. The zero-order valence-electron chi connectivity index (χ0n) is 18.3. The summed E-state index contributed by atoms with van der Waals surface area (Å²) in [4.78, 5) is 26.6. The normalized spacial score (nSPS) is 17.0. The molecule has 0 saturated carbocycles.